The summed E-state index contributed by atoms with van der Waals surface area (Å²) in [5, 5.41) is 12.2. The Morgan fingerprint density at radius 2 is 2.06 bits per heavy atom. The molecular formula is C25H26N6O3S. The normalized spacial score (nSPS) is 16.3. The number of amides is 2. The summed E-state index contributed by atoms with van der Waals surface area (Å²) in [5.74, 6) is -0.318. The number of carbonyl (C=O) groups is 2. The highest BCUT2D eigenvalue weighted by Crippen LogP contribution is 2.29. The van der Waals surface area contributed by atoms with Crippen molar-refractivity contribution >= 4 is 34.7 Å². The summed E-state index contributed by atoms with van der Waals surface area (Å²) in [6.07, 6.45) is 3.31. The Kier molecular flexibility index (Phi) is 6.47. The molecule has 4 N–H and O–H groups in total. The molecule has 2 atom stereocenters. The highest BCUT2D eigenvalue weighted by atomic mass is 32.1. The Hall–Kier alpha value is -3.76. The standard InChI is InChI=1S/C25H26N6O3S/c1-2-20(15-6-4-3-5-7-15)28-24(33)21-11-17(14-35-21)16-10-19(22-29-25(26)30-31(22)12-16)23(32)27-18-8-9-34-13-18/h3-7,10-12,14,18,20H,2,8-9,13H2,1H3,(H2,26,30)(H,27,32)(H,28,33)/t18-,20+/m1/s1. The van der Waals surface area contributed by atoms with Gasteiger partial charge in [0.25, 0.3) is 11.8 Å². The van der Waals surface area contributed by atoms with Crippen molar-refractivity contribution in [2.24, 2.45) is 0 Å². The first kappa shape index (κ1) is 23.0. The molecule has 1 aliphatic heterocycles. The van der Waals surface area contributed by atoms with E-state index in [1.165, 1.54) is 15.9 Å². The molecule has 1 saturated heterocycles. The highest BCUT2D eigenvalue weighted by molar-refractivity contribution is 7.12. The van der Waals surface area contributed by atoms with Gasteiger partial charge in [-0.15, -0.1) is 16.4 Å². The van der Waals surface area contributed by atoms with Gasteiger partial charge in [-0.05, 0) is 41.5 Å². The monoisotopic (exact) mass is 490 g/mol. The molecular weight excluding hydrogens is 464 g/mol. The van der Waals surface area contributed by atoms with E-state index in [0.29, 0.717) is 29.3 Å². The fourth-order valence-electron chi connectivity index (χ4n) is 4.18. The summed E-state index contributed by atoms with van der Waals surface area (Å²) in [4.78, 5) is 30.9. The first-order valence-corrected chi connectivity index (χ1v) is 12.4. The number of thiophene rings is 1. The summed E-state index contributed by atoms with van der Waals surface area (Å²) in [7, 11) is 0. The Labute approximate surface area is 206 Å². The van der Waals surface area contributed by atoms with Gasteiger partial charge in [0.05, 0.1) is 29.1 Å². The number of benzene rings is 1. The van der Waals surface area contributed by atoms with Crippen LogP contribution in [-0.2, 0) is 4.74 Å². The molecule has 1 aliphatic rings. The Morgan fingerprint density at radius 1 is 1.23 bits per heavy atom. The molecule has 10 heteroatoms. The van der Waals surface area contributed by atoms with Gasteiger partial charge in [-0.2, -0.15) is 4.98 Å². The van der Waals surface area contributed by atoms with Crippen molar-refractivity contribution < 1.29 is 14.3 Å². The molecule has 1 aromatic carbocycles. The van der Waals surface area contributed by atoms with Crippen molar-refractivity contribution in [3.8, 4) is 11.1 Å². The number of nitrogens with one attached hydrogen (secondary N) is 2. The van der Waals surface area contributed by atoms with Gasteiger partial charge in [0, 0.05) is 18.4 Å². The molecule has 0 spiro atoms. The number of hydrogen-bond donors (Lipinski definition) is 3. The number of aromatic nitrogens is 3. The lowest BCUT2D eigenvalue weighted by Gasteiger charge is -2.16. The number of pyridine rings is 1. The molecule has 35 heavy (non-hydrogen) atoms. The topological polar surface area (TPSA) is 124 Å². The van der Waals surface area contributed by atoms with E-state index >= 15 is 0 Å². The van der Waals surface area contributed by atoms with Crippen molar-refractivity contribution in [3.63, 3.8) is 0 Å². The predicted octanol–water partition coefficient (Wildman–Crippen LogP) is 3.44. The van der Waals surface area contributed by atoms with Crippen molar-refractivity contribution in [3.05, 3.63) is 70.0 Å². The van der Waals surface area contributed by atoms with E-state index in [-0.39, 0.29) is 29.8 Å². The molecule has 180 valence electrons. The largest absolute Gasteiger partial charge is 0.379 e. The summed E-state index contributed by atoms with van der Waals surface area (Å²) in [5.41, 5.74) is 9.17. The minimum absolute atomic E-state index is 0.0425. The molecule has 3 aromatic heterocycles. The van der Waals surface area contributed by atoms with Crippen LogP contribution in [0.25, 0.3) is 16.8 Å². The lowest BCUT2D eigenvalue weighted by Crippen LogP contribution is -2.35. The molecule has 5 rings (SSSR count). The fraction of sp³-hybridized carbons (Fsp3) is 0.280. The molecule has 0 bridgehead atoms. The maximum atomic E-state index is 13.1. The Balaban J connectivity index is 1.41. The second kappa shape index (κ2) is 9.85. The van der Waals surface area contributed by atoms with Crippen LogP contribution < -0.4 is 16.4 Å². The van der Waals surface area contributed by atoms with Gasteiger partial charge >= 0.3 is 0 Å². The zero-order valence-corrected chi connectivity index (χ0v) is 20.0. The molecule has 2 amide bonds. The van der Waals surface area contributed by atoms with Crippen molar-refractivity contribution in [2.75, 3.05) is 18.9 Å². The van der Waals surface area contributed by atoms with E-state index in [2.05, 4.69) is 20.7 Å². The summed E-state index contributed by atoms with van der Waals surface area (Å²) >= 11 is 1.35. The molecule has 0 radical (unpaired) electrons. The maximum absolute atomic E-state index is 13.1. The number of nitrogens with zero attached hydrogens (tertiary/aromatic N) is 3. The van der Waals surface area contributed by atoms with Gasteiger partial charge in [0.15, 0.2) is 5.65 Å². The van der Waals surface area contributed by atoms with Crippen LogP contribution in [0, 0.1) is 0 Å². The zero-order valence-electron chi connectivity index (χ0n) is 19.2. The second-order valence-corrected chi connectivity index (χ2v) is 9.37. The van der Waals surface area contributed by atoms with Gasteiger partial charge in [-0.25, -0.2) is 4.52 Å². The minimum Gasteiger partial charge on any atom is -0.379 e. The summed E-state index contributed by atoms with van der Waals surface area (Å²) in [6.45, 7) is 3.16. The van der Waals surface area contributed by atoms with E-state index in [0.717, 1.165) is 29.5 Å². The number of rotatable bonds is 7. The Morgan fingerprint density at radius 3 is 2.80 bits per heavy atom. The second-order valence-electron chi connectivity index (χ2n) is 8.46. The average molecular weight is 491 g/mol. The van der Waals surface area contributed by atoms with Crippen LogP contribution in [0.3, 0.4) is 0 Å². The average Bonchev–Trinajstić information content (AvgIpc) is 3.62. The smallest absolute Gasteiger partial charge is 0.261 e. The summed E-state index contributed by atoms with van der Waals surface area (Å²) < 4.78 is 6.87. The van der Waals surface area contributed by atoms with Crippen LogP contribution in [0.1, 0.15) is 51.4 Å². The van der Waals surface area contributed by atoms with E-state index in [1.54, 1.807) is 12.3 Å². The lowest BCUT2D eigenvalue weighted by molar-refractivity contribution is 0.0926. The minimum atomic E-state index is -0.262. The molecule has 0 aliphatic carbocycles. The molecule has 4 aromatic rings. The van der Waals surface area contributed by atoms with Gasteiger partial charge < -0.3 is 21.1 Å². The number of nitrogen functional groups attached to an aromatic ring is 1. The van der Waals surface area contributed by atoms with Crippen molar-refractivity contribution in [1.29, 1.82) is 0 Å². The third kappa shape index (κ3) is 4.89. The van der Waals surface area contributed by atoms with Crippen LogP contribution in [0.5, 0.6) is 0 Å². The van der Waals surface area contributed by atoms with Gasteiger partial charge in [0.1, 0.15) is 0 Å². The first-order valence-electron chi connectivity index (χ1n) is 11.5. The number of fused-ring (bicyclic) bond motifs is 1. The van der Waals surface area contributed by atoms with Crippen molar-refractivity contribution in [1.82, 2.24) is 25.2 Å². The van der Waals surface area contributed by atoms with Gasteiger partial charge in [0.2, 0.25) is 5.95 Å². The fourth-order valence-corrected chi connectivity index (χ4v) is 5.00. The number of nitrogens with two attached hydrogens (primary N) is 1. The number of hydrogen-bond acceptors (Lipinski definition) is 7. The zero-order chi connectivity index (χ0) is 24.4. The van der Waals surface area contributed by atoms with E-state index < -0.39 is 0 Å². The van der Waals surface area contributed by atoms with Gasteiger partial charge in [-0.1, -0.05) is 37.3 Å². The third-order valence-corrected chi connectivity index (χ3v) is 6.96. The number of anilines is 1. The van der Waals surface area contributed by atoms with Crippen LogP contribution in [0.4, 0.5) is 5.95 Å². The van der Waals surface area contributed by atoms with Crippen LogP contribution >= 0.6 is 11.3 Å². The molecule has 0 unspecified atom stereocenters. The highest BCUT2D eigenvalue weighted by Gasteiger charge is 2.23. The van der Waals surface area contributed by atoms with E-state index in [1.807, 2.05) is 48.7 Å². The van der Waals surface area contributed by atoms with Crippen LogP contribution in [-0.4, -0.2) is 45.7 Å². The predicted molar refractivity (Wildman–Crippen MR) is 134 cm³/mol. The maximum Gasteiger partial charge on any atom is 0.261 e. The molecule has 9 nitrogen and oxygen atoms in total. The van der Waals surface area contributed by atoms with Gasteiger partial charge in [-0.3, -0.25) is 9.59 Å². The molecule has 1 fully saturated rings. The lowest BCUT2D eigenvalue weighted by atomic mass is 10.0. The van der Waals surface area contributed by atoms with Crippen molar-refractivity contribution in [2.45, 2.75) is 31.8 Å². The van der Waals surface area contributed by atoms with E-state index in [9.17, 15) is 9.59 Å². The SMILES string of the molecule is CC[C@H](NC(=O)c1cc(-c2cc(C(=O)N[C@@H]3CCOC3)c3nc(N)nn3c2)cs1)c1ccccc1. The van der Waals surface area contributed by atoms with E-state index in [4.69, 9.17) is 10.5 Å². The first-order chi connectivity index (χ1) is 17.0. The van der Waals surface area contributed by atoms with Crippen LogP contribution in [0.2, 0.25) is 0 Å². The number of ether oxygens (including phenoxy) is 1. The van der Waals surface area contributed by atoms with Crippen LogP contribution in [0.15, 0.2) is 54.0 Å². The quantitative estimate of drug-likeness (QED) is 0.365. The Bertz CT molecular complexity index is 1360. The number of carbonyl (C=O) groups excluding carboxylic acids is 2. The molecule has 4 heterocycles. The third-order valence-electron chi connectivity index (χ3n) is 6.03. The summed E-state index contributed by atoms with van der Waals surface area (Å²) in [6, 6.07) is 13.4. The molecule has 0 saturated carbocycles.